The van der Waals surface area contributed by atoms with Gasteiger partial charge in [0.1, 0.15) is 0 Å². The molecule has 2 rings (SSSR count). The standard InChI is InChI=1S/C13H19N3O2/c1-8-3-9(2)15-13(18)11(8)7-16-6-10(5-14)4-12(16)17/h3,10H,4-7,14H2,1-2H3,(H,15,18). The largest absolute Gasteiger partial charge is 0.338 e. The molecule has 0 bridgehead atoms. The quantitative estimate of drug-likeness (QED) is 0.808. The predicted octanol–water partition coefficient (Wildman–Crippen LogP) is 0.299. The molecule has 3 N–H and O–H groups in total. The summed E-state index contributed by atoms with van der Waals surface area (Å²) in [5, 5.41) is 0. The zero-order chi connectivity index (χ0) is 13.3. The smallest absolute Gasteiger partial charge is 0.253 e. The molecule has 0 saturated carbocycles. The van der Waals surface area contributed by atoms with Crippen molar-refractivity contribution in [2.75, 3.05) is 13.1 Å². The summed E-state index contributed by atoms with van der Waals surface area (Å²) in [6, 6.07) is 1.93. The monoisotopic (exact) mass is 249 g/mol. The number of nitrogens with zero attached hydrogens (tertiary/aromatic N) is 1. The number of pyridine rings is 1. The van der Waals surface area contributed by atoms with E-state index in [0.29, 0.717) is 31.6 Å². The summed E-state index contributed by atoms with van der Waals surface area (Å²) in [5.74, 6) is 0.312. The molecule has 1 atom stereocenters. The fourth-order valence-electron chi connectivity index (χ4n) is 2.43. The summed E-state index contributed by atoms with van der Waals surface area (Å²) >= 11 is 0. The Bertz CT molecular complexity index is 521. The fourth-order valence-corrected chi connectivity index (χ4v) is 2.43. The van der Waals surface area contributed by atoms with Gasteiger partial charge in [0.15, 0.2) is 0 Å². The van der Waals surface area contributed by atoms with Crippen LogP contribution in [0.3, 0.4) is 0 Å². The van der Waals surface area contributed by atoms with E-state index in [1.165, 1.54) is 0 Å². The fraction of sp³-hybridized carbons (Fsp3) is 0.538. The van der Waals surface area contributed by atoms with Gasteiger partial charge in [0.25, 0.3) is 5.56 Å². The van der Waals surface area contributed by atoms with Crippen LogP contribution in [0.2, 0.25) is 0 Å². The number of aryl methyl sites for hydroxylation is 2. The number of carbonyl (C=O) groups is 1. The maximum atomic E-state index is 11.9. The molecule has 5 heteroatoms. The lowest BCUT2D eigenvalue weighted by Gasteiger charge is -2.17. The van der Waals surface area contributed by atoms with Crippen LogP contribution in [0.4, 0.5) is 0 Å². The molecule has 1 aliphatic rings. The summed E-state index contributed by atoms with van der Waals surface area (Å²) in [5.41, 5.74) is 7.93. The van der Waals surface area contributed by atoms with Gasteiger partial charge in [-0.2, -0.15) is 0 Å². The van der Waals surface area contributed by atoms with Crippen LogP contribution in [-0.2, 0) is 11.3 Å². The number of carbonyl (C=O) groups excluding carboxylic acids is 1. The number of likely N-dealkylation sites (tertiary alicyclic amines) is 1. The van der Waals surface area contributed by atoms with Crippen LogP contribution in [0.15, 0.2) is 10.9 Å². The SMILES string of the molecule is Cc1cc(C)c(CN2CC(CN)CC2=O)c(=O)[nH]1. The van der Waals surface area contributed by atoms with Crippen molar-refractivity contribution < 1.29 is 4.79 Å². The summed E-state index contributed by atoms with van der Waals surface area (Å²) in [6.45, 7) is 5.31. The average Bonchev–Trinajstić information content (AvgIpc) is 2.64. The molecule has 0 spiro atoms. The number of amides is 1. The first-order valence-electron chi connectivity index (χ1n) is 6.18. The lowest BCUT2D eigenvalue weighted by Crippen LogP contribution is -2.30. The molecule has 18 heavy (non-hydrogen) atoms. The Hall–Kier alpha value is -1.62. The minimum absolute atomic E-state index is 0.0878. The minimum Gasteiger partial charge on any atom is -0.338 e. The van der Waals surface area contributed by atoms with Gasteiger partial charge >= 0.3 is 0 Å². The van der Waals surface area contributed by atoms with E-state index in [1.54, 1.807) is 4.90 Å². The van der Waals surface area contributed by atoms with Crippen LogP contribution in [0, 0.1) is 19.8 Å². The summed E-state index contributed by atoms with van der Waals surface area (Å²) in [6.07, 6.45) is 0.499. The van der Waals surface area contributed by atoms with Gasteiger partial charge in [-0.3, -0.25) is 9.59 Å². The van der Waals surface area contributed by atoms with E-state index < -0.39 is 0 Å². The van der Waals surface area contributed by atoms with Gasteiger partial charge in [-0.15, -0.1) is 0 Å². The highest BCUT2D eigenvalue weighted by molar-refractivity contribution is 5.78. The van der Waals surface area contributed by atoms with Gasteiger partial charge in [-0.05, 0) is 37.9 Å². The van der Waals surface area contributed by atoms with Gasteiger partial charge in [0.2, 0.25) is 5.91 Å². The number of nitrogens with one attached hydrogen (secondary N) is 1. The maximum Gasteiger partial charge on any atom is 0.253 e. The highest BCUT2D eigenvalue weighted by Crippen LogP contribution is 2.19. The van der Waals surface area contributed by atoms with Crippen LogP contribution in [0.1, 0.15) is 23.2 Å². The first kappa shape index (κ1) is 12.8. The molecular weight excluding hydrogens is 230 g/mol. The molecule has 1 amide bonds. The van der Waals surface area contributed by atoms with E-state index in [0.717, 1.165) is 11.3 Å². The lowest BCUT2D eigenvalue weighted by atomic mass is 10.1. The number of aromatic nitrogens is 1. The van der Waals surface area contributed by atoms with Crippen LogP contribution in [0.5, 0.6) is 0 Å². The summed E-state index contributed by atoms with van der Waals surface area (Å²) in [7, 11) is 0. The number of nitrogens with two attached hydrogens (primary N) is 1. The number of rotatable bonds is 3. The molecule has 0 radical (unpaired) electrons. The third-order valence-corrected chi connectivity index (χ3v) is 3.47. The van der Waals surface area contributed by atoms with E-state index in [9.17, 15) is 9.59 Å². The Morgan fingerprint density at radius 2 is 2.17 bits per heavy atom. The van der Waals surface area contributed by atoms with Crippen molar-refractivity contribution in [2.24, 2.45) is 11.7 Å². The van der Waals surface area contributed by atoms with Gasteiger partial charge in [0.05, 0.1) is 6.54 Å². The molecule has 98 valence electrons. The molecule has 5 nitrogen and oxygen atoms in total. The van der Waals surface area contributed by atoms with Crippen molar-refractivity contribution in [1.29, 1.82) is 0 Å². The second-order valence-electron chi connectivity index (χ2n) is 5.02. The predicted molar refractivity (Wildman–Crippen MR) is 69.1 cm³/mol. The van der Waals surface area contributed by atoms with Crippen LogP contribution < -0.4 is 11.3 Å². The Morgan fingerprint density at radius 1 is 1.44 bits per heavy atom. The molecule has 1 aromatic heterocycles. The van der Waals surface area contributed by atoms with Crippen LogP contribution in [-0.4, -0.2) is 28.9 Å². The third-order valence-electron chi connectivity index (χ3n) is 3.47. The van der Waals surface area contributed by atoms with Crippen LogP contribution >= 0.6 is 0 Å². The van der Waals surface area contributed by atoms with E-state index in [1.807, 2.05) is 19.9 Å². The summed E-state index contributed by atoms with van der Waals surface area (Å²) < 4.78 is 0. The molecule has 1 aliphatic heterocycles. The van der Waals surface area contributed by atoms with Crippen molar-refractivity contribution in [3.05, 3.63) is 33.2 Å². The topological polar surface area (TPSA) is 79.2 Å². The Morgan fingerprint density at radius 3 is 2.72 bits per heavy atom. The first-order chi connectivity index (χ1) is 8.51. The third kappa shape index (κ3) is 2.46. The van der Waals surface area contributed by atoms with Crippen molar-refractivity contribution in [2.45, 2.75) is 26.8 Å². The van der Waals surface area contributed by atoms with E-state index in [4.69, 9.17) is 5.73 Å². The summed E-state index contributed by atoms with van der Waals surface area (Å²) in [4.78, 5) is 28.2. The molecule has 1 unspecified atom stereocenters. The average molecular weight is 249 g/mol. The Labute approximate surface area is 106 Å². The Balaban J connectivity index is 2.20. The van der Waals surface area contributed by atoms with E-state index in [-0.39, 0.29) is 17.4 Å². The normalized spacial score (nSPS) is 19.6. The Kier molecular flexibility index (Phi) is 3.52. The molecule has 1 aromatic rings. The van der Waals surface area contributed by atoms with Crippen LogP contribution in [0.25, 0.3) is 0 Å². The second kappa shape index (κ2) is 4.94. The van der Waals surface area contributed by atoms with E-state index in [2.05, 4.69) is 4.98 Å². The van der Waals surface area contributed by atoms with Gasteiger partial charge in [0, 0.05) is 24.2 Å². The van der Waals surface area contributed by atoms with Gasteiger partial charge in [-0.1, -0.05) is 0 Å². The number of aromatic amines is 1. The number of hydrogen-bond acceptors (Lipinski definition) is 3. The van der Waals surface area contributed by atoms with Crippen molar-refractivity contribution in [3.8, 4) is 0 Å². The van der Waals surface area contributed by atoms with Crippen molar-refractivity contribution in [3.63, 3.8) is 0 Å². The molecule has 1 fully saturated rings. The zero-order valence-corrected chi connectivity index (χ0v) is 10.8. The minimum atomic E-state index is -0.100. The first-order valence-corrected chi connectivity index (χ1v) is 6.18. The number of H-pyrrole nitrogens is 1. The lowest BCUT2D eigenvalue weighted by molar-refractivity contribution is -0.128. The molecule has 0 aromatic carbocycles. The highest BCUT2D eigenvalue weighted by atomic mass is 16.2. The molecule has 2 heterocycles. The van der Waals surface area contributed by atoms with E-state index >= 15 is 0 Å². The second-order valence-corrected chi connectivity index (χ2v) is 5.02. The van der Waals surface area contributed by atoms with Crippen molar-refractivity contribution in [1.82, 2.24) is 9.88 Å². The molecule has 0 aliphatic carbocycles. The number of hydrogen-bond donors (Lipinski definition) is 2. The maximum absolute atomic E-state index is 11.9. The molecule has 1 saturated heterocycles. The van der Waals surface area contributed by atoms with Crippen molar-refractivity contribution >= 4 is 5.91 Å². The highest BCUT2D eigenvalue weighted by Gasteiger charge is 2.29. The van der Waals surface area contributed by atoms with Gasteiger partial charge in [-0.25, -0.2) is 0 Å². The zero-order valence-electron chi connectivity index (χ0n) is 10.8. The van der Waals surface area contributed by atoms with Gasteiger partial charge < -0.3 is 15.6 Å². The molecular formula is C13H19N3O2.